The number of amides is 1. The molecule has 0 bridgehead atoms. The van der Waals surface area contributed by atoms with E-state index < -0.39 is 0 Å². The highest BCUT2D eigenvalue weighted by Gasteiger charge is 2.11. The molecule has 1 rings (SSSR count). The third-order valence-corrected chi connectivity index (χ3v) is 2.82. The molecule has 82 valence electrons. The van der Waals surface area contributed by atoms with Gasteiger partial charge in [-0.3, -0.25) is 4.79 Å². The molecular weight excluding hydrogens is 301 g/mol. The monoisotopic (exact) mass is 317 g/mol. The Morgan fingerprint density at radius 3 is 2.27 bits per heavy atom. The highest BCUT2D eigenvalue weighted by Crippen LogP contribution is 2.15. The van der Waals surface area contributed by atoms with Crippen LogP contribution in [0.15, 0.2) is 12.1 Å². The fraction of sp³-hybridized carbons (Fsp3) is 0.417. The summed E-state index contributed by atoms with van der Waals surface area (Å²) in [7, 11) is 0. The molecule has 1 aromatic carbocycles. The van der Waals surface area contributed by atoms with Gasteiger partial charge in [-0.1, -0.05) is 40.3 Å². The van der Waals surface area contributed by atoms with E-state index in [1.165, 1.54) is 5.56 Å². The van der Waals surface area contributed by atoms with E-state index in [4.69, 9.17) is 0 Å². The van der Waals surface area contributed by atoms with Crippen molar-refractivity contribution in [3.05, 3.63) is 34.4 Å². The second kappa shape index (κ2) is 5.49. The maximum absolute atomic E-state index is 11.8. The van der Waals surface area contributed by atoms with Crippen molar-refractivity contribution in [1.29, 1.82) is 0 Å². The molecule has 0 heterocycles. The Balaban J connectivity index is 2.98. The highest BCUT2D eigenvalue weighted by molar-refractivity contribution is 14.1. The fourth-order valence-corrected chi connectivity index (χ4v) is 2.06. The van der Waals surface area contributed by atoms with E-state index in [1.807, 2.05) is 32.9 Å². The predicted octanol–water partition coefficient (Wildman–Crippen LogP) is 2.78. The molecule has 0 aromatic heterocycles. The molecule has 1 N–H and O–H groups in total. The normalized spacial score (nSPS) is 10.1. The number of alkyl halides is 1. The first kappa shape index (κ1) is 12.5. The molecule has 0 saturated heterocycles. The average molecular weight is 317 g/mol. The van der Waals surface area contributed by atoms with Gasteiger partial charge in [-0.2, -0.15) is 0 Å². The maximum atomic E-state index is 11.8. The maximum Gasteiger partial charge on any atom is 0.251 e. The summed E-state index contributed by atoms with van der Waals surface area (Å²) < 4.78 is 0.938. The average Bonchev–Trinajstić information content (AvgIpc) is 2.12. The Labute approximate surface area is 105 Å². The van der Waals surface area contributed by atoms with Crippen LogP contribution in [0.2, 0.25) is 0 Å². The van der Waals surface area contributed by atoms with Gasteiger partial charge in [-0.25, -0.2) is 0 Å². The summed E-state index contributed by atoms with van der Waals surface area (Å²) in [4.78, 5) is 11.8. The van der Waals surface area contributed by atoms with Gasteiger partial charge in [0.15, 0.2) is 0 Å². The molecule has 0 unspecified atom stereocenters. The standard InChI is InChI=1S/C12H16INO/c1-8-6-9(2)11(10(3)7-8)12(15)14-5-4-13/h6-7H,4-5H2,1-3H3,(H,14,15). The van der Waals surface area contributed by atoms with Crippen molar-refractivity contribution in [2.45, 2.75) is 20.8 Å². The Morgan fingerprint density at radius 2 is 1.80 bits per heavy atom. The Bertz CT molecular complexity index is 351. The molecular formula is C12H16INO. The van der Waals surface area contributed by atoms with Gasteiger partial charge in [0.05, 0.1) is 0 Å². The summed E-state index contributed by atoms with van der Waals surface area (Å²) in [6, 6.07) is 4.10. The van der Waals surface area contributed by atoms with Crippen LogP contribution in [-0.4, -0.2) is 16.9 Å². The molecule has 0 aliphatic carbocycles. The van der Waals surface area contributed by atoms with Crippen molar-refractivity contribution in [3.63, 3.8) is 0 Å². The van der Waals surface area contributed by atoms with Crippen LogP contribution < -0.4 is 5.32 Å². The zero-order valence-corrected chi connectivity index (χ0v) is 11.5. The van der Waals surface area contributed by atoms with Crippen LogP contribution in [0.3, 0.4) is 0 Å². The molecule has 15 heavy (non-hydrogen) atoms. The summed E-state index contributed by atoms with van der Waals surface area (Å²) in [6.07, 6.45) is 0. The van der Waals surface area contributed by atoms with Gasteiger partial charge < -0.3 is 5.32 Å². The van der Waals surface area contributed by atoms with Gasteiger partial charge in [0.25, 0.3) is 5.91 Å². The number of aryl methyl sites for hydroxylation is 3. The number of rotatable bonds is 3. The summed E-state index contributed by atoms with van der Waals surface area (Å²) >= 11 is 2.25. The Morgan fingerprint density at radius 1 is 1.27 bits per heavy atom. The number of carbonyl (C=O) groups excluding carboxylic acids is 1. The van der Waals surface area contributed by atoms with E-state index >= 15 is 0 Å². The first-order valence-corrected chi connectivity index (χ1v) is 6.51. The largest absolute Gasteiger partial charge is 0.351 e. The first-order valence-electron chi connectivity index (χ1n) is 4.98. The smallest absolute Gasteiger partial charge is 0.251 e. The van der Waals surface area contributed by atoms with E-state index in [-0.39, 0.29) is 5.91 Å². The quantitative estimate of drug-likeness (QED) is 0.674. The van der Waals surface area contributed by atoms with Gasteiger partial charge in [-0.05, 0) is 31.9 Å². The second-order valence-electron chi connectivity index (χ2n) is 3.72. The summed E-state index contributed by atoms with van der Waals surface area (Å²) in [5.41, 5.74) is 4.14. The number of benzene rings is 1. The number of carbonyl (C=O) groups is 1. The molecule has 0 aliphatic rings. The molecule has 2 nitrogen and oxygen atoms in total. The number of hydrogen-bond acceptors (Lipinski definition) is 1. The van der Waals surface area contributed by atoms with Crippen LogP contribution in [0.25, 0.3) is 0 Å². The molecule has 0 saturated carbocycles. The number of nitrogens with one attached hydrogen (secondary N) is 1. The van der Waals surface area contributed by atoms with Crippen molar-refractivity contribution in [3.8, 4) is 0 Å². The van der Waals surface area contributed by atoms with Crippen molar-refractivity contribution >= 4 is 28.5 Å². The zero-order valence-electron chi connectivity index (χ0n) is 9.36. The zero-order chi connectivity index (χ0) is 11.4. The van der Waals surface area contributed by atoms with Gasteiger partial charge in [0, 0.05) is 16.5 Å². The van der Waals surface area contributed by atoms with Crippen LogP contribution in [0, 0.1) is 20.8 Å². The van der Waals surface area contributed by atoms with Crippen molar-refractivity contribution in [2.75, 3.05) is 11.0 Å². The van der Waals surface area contributed by atoms with Crippen LogP contribution >= 0.6 is 22.6 Å². The molecule has 0 aliphatic heterocycles. The van der Waals surface area contributed by atoms with Crippen molar-refractivity contribution < 1.29 is 4.79 Å². The minimum absolute atomic E-state index is 0.0432. The SMILES string of the molecule is Cc1cc(C)c(C(=O)NCCI)c(C)c1. The van der Waals surface area contributed by atoms with E-state index in [9.17, 15) is 4.79 Å². The third kappa shape index (κ3) is 3.19. The minimum atomic E-state index is 0.0432. The molecule has 1 aromatic rings. The van der Waals surface area contributed by atoms with Gasteiger partial charge in [0.1, 0.15) is 0 Å². The number of hydrogen-bond donors (Lipinski definition) is 1. The van der Waals surface area contributed by atoms with Crippen LogP contribution in [0.5, 0.6) is 0 Å². The Kier molecular flexibility index (Phi) is 4.57. The van der Waals surface area contributed by atoms with E-state index in [0.29, 0.717) is 0 Å². The first-order chi connectivity index (χ1) is 7.06. The van der Waals surface area contributed by atoms with Gasteiger partial charge in [-0.15, -0.1) is 0 Å². The second-order valence-corrected chi connectivity index (χ2v) is 4.80. The highest BCUT2D eigenvalue weighted by atomic mass is 127. The molecule has 1 amide bonds. The van der Waals surface area contributed by atoms with Crippen LogP contribution in [-0.2, 0) is 0 Å². The lowest BCUT2D eigenvalue weighted by atomic mass is 9.99. The van der Waals surface area contributed by atoms with E-state index in [2.05, 4.69) is 27.9 Å². The molecule has 0 radical (unpaired) electrons. The summed E-state index contributed by atoms with van der Waals surface area (Å²) in [6.45, 7) is 6.75. The van der Waals surface area contributed by atoms with Crippen LogP contribution in [0.1, 0.15) is 27.0 Å². The van der Waals surface area contributed by atoms with Gasteiger partial charge in [0.2, 0.25) is 0 Å². The lowest BCUT2D eigenvalue weighted by Crippen LogP contribution is -2.26. The third-order valence-electron chi connectivity index (χ3n) is 2.28. The minimum Gasteiger partial charge on any atom is -0.351 e. The predicted molar refractivity (Wildman–Crippen MR) is 71.9 cm³/mol. The molecule has 0 fully saturated rings. The van der Waals surface area contributed by atoms with Crippen molar-refractivity contribution in [2.24, 2.45) is 0 Å². The summed E-state index contributed by atoms with van der Waals surface area (Å²) in [5.74, 6) is 0.0432. The van der Waals surface area contributed by atoms with Crippen molar-refractivity contribution in [1.82, 2.24) is 5.32 Å². The Hall–Kier alpha value is -0.580. The lowest BCUT2D eigenvalue weighted by molar-refractivity contribution is 0.0955. The molecule has 0 spiro atoms. The van der Waals surface area contributed by atoms with Crippen LogP contribution in [0.4, 0.5) is 0 Å². The lowest BCUT2D eigenvalue weighted by Gasteiger charge is -2.10. The van der Waals surface area contributed by atoms with Gasteiger partial charge >= 0.3 is 0 Å². The topological polar surface area (TPSA) is 29.1 Å². The molecule has 3 heteroatoms. The fourth-order valence-electron chi connectivity index (χ4n) is 1.79. The molecule has 0 atom stereocenters. The van der Waals surface area contributed by atoms with E-state index in [0.717, 1.165) is 27.7 Å². The number of halogens is 1. The summed E-state index contributed by atoms with van der Waals surface area (Å²) in [5, 5.41) is 2.90. The van der Waals surface area contributed by atoms with E-state index in [1.54, 1.807) is 0 Å².